The van der Waals surface area contributed by atoms with E-state index in [1.807, 2.05) is 24.3 Å². The van der Waals surface area contributed by atoms with E-state index in [4.69, 9.17) is 9.47 Å². The molecular formula is C27H34N2O6. The van der Waals surface area contributed by atoms with Crippen LogP contribution < -0.4 is 10.6 Å². The zero-order chi connectivity index (χ0) is 25.3. The SMILES string of the molecule is CCC(COC)(NC(=O)CCCCCNC(=O)OCC1c2ccccc2-c2ccccc21)C(=O)O. The fraction of sp³-hybridized carbons (Fsp3) is 0.444. The molecule has 188 valence electrons. The lowest BCUT2D eigenvalue weighted by Crippen LogP contribution is -2.57. The molecular weight excluding hydrogens is 448 g/mol. The lowest BCUT2D eigenvalue weighted by molar-refractivity contribution is -0.150. The van der Waals surface area contributed by atoms with E-state index in [2.05, 4.69) is 34.9 Å². The molecule has 1 aliphatic carbocycles. The molecule has 0 bridgehead atoms. The Hall–Kier alpha value is -3.39. The highest BCUT2D eigenvalue weighted by Crippen LogP contribution is 2.44. The largest absolute Gasteiger partial charge is 0.479 e. The highest BCUT2D eigenvalue weighted by molar-refractivity contribution is 5.87. The van der Waals surface area contributed by atoms with Crippen LogP contribution in [0.2, 0.25) is 0 Å². The number of carboxylic acid groups (broad SMARTS) is 1. The molecule has 0 saturated heterocycles. The van der Waals surface area contributed by atoms with Gasteiger partial charge in [-0.05, 0) is 41.5 Å². The van der Waals surface area contributed by atoms with Crippen molar-refractivity contribution < 1.29 is 29.0 Å². The topological polar surface area (TPSA) is 114 Å². The number of methoxy groups -OCH3 is 1. The van der Waals surface area contributed by atoms with Crippen LogP contribution >= 0.6 is 0 Å². The molecule has 2 aromatic carbocycles. The number of fused-ring (bicyclic) bond motifs is 3. The van der Waals surface area contributed by atoms with Gasteiger partial charge in [0.15, 0.2) is 5.54 Å². The lowest BCUT2D eigenvalue weighted by atomic mass is 9.97. The molecule has 0 aliphatic heterocycles. The maximum Gasteiger partial charge on any atom is 0.407 e. The molecule has 1 aliphatic rings. The molecule has 2 amide bonds. The summed E-state index contributed by atoms with van der Waals surface area (Å²) in [6.07, 6.45) is 1.97. The molecule has 0 fully saturated rings. The minimum absolute atomic E-state index is 0.0193. The van der Waals surface area contributed by atoms with Gasteiger partial charge in [0.25, 0.3) is 0 Å². The molecule has 8 heteroatoms. The van der Waals surface area contributed by atoms with Gasteiger partial charge in [-0.15, -0.1) is 0 Å². The van der Waals surface area contributed by atoms with Gasteiger partial charge in [0, 0.05) is 26.0 Å². The van der Waals surface area contributed by atoms with Crippen molar-refractivity contribution in [3.63, 3.8) is 0 Å². The fourth-order valence-corrected chi connectivity index (χ4v) is 4.50. The summed E-state index contributed by atoms with van der Waals surface area (Å²) in [5.41, 5.74) is 3.30. The first kappa shape index (κ1) is 26.2. The summed E-state index contributed by atoms with van der Waals surface area (Å²) in [6.45, 7) is 2.32. The predicted octanol–water partition coefficient (Wildman–Crippen LogP) is 4.08. The minimum Gasteiger partial charge on any atom is -0.479 e. The number of amides is 2. The van der Waals surface area contributed by atoms with Crippen molar-refractivity contribution in [3.05, 3.63) is 59.7 Å². The number of aliphatic carboxylic acids is 1. The van der Waals surface area contributed by atoms with E-state index >= 15 is 0 Å². The molecule has 0 heterocycles. The van der Waals surface area contributed by atoms with E-state index in [-0.39, 0.29) is 37.9 Å². The smallest absolute Gasteiger partial charge is 0.407 e. The number of carbonyl (C=O) groups is 3. The molecule has 3 N–H and O–H groups in total. The normalized spacial score (nSPS) is 13.9. The average molecular weight is 483 g/mol. The Labute approximate surface area is 206 Å². The Morgan fingerprint density at radius 2 is 1.60 bits per heavy atom. The second-order valence-electron chi connectivity index (χ2n) is 8.78. The number of nitrogens with one attached hydrogen (secondary N) is 2. The number of hydrogen-bond donors (Lipinski definition) is 3. The van der Waals surface area contributed by atoms with E-state index in [1.54, 1.807) is 6.92 Å². The average Bonchev–Trinajstić information content (AvgIpc) is 3.18. The standard InChI is InChI=1S/C27H34N2O6/c1-3-27(18-34-2,25(31)32)29-24(30)15-5-4-10-16-28-26(33)35-17-23-21-13-8-6-11-19(21)20-12-7-9-14-22(20)23/h6-9,11-14,23H,3-5,10,15-18H2,1-2H3,(H,28,33)(H,29,30)(H,31,32). The van der Waals surface area contributed by atoms with E-state index in [1.165, 1.54) is 29.4 Å². The minimum atomic E-state index is -1.41. The number of rotatable bonds is 13. The number of benzene rings is 2. The summed E-state index contributed by atoms with van der Waals surface area (Å²) in [5.74, 6) is -1.41. The van der Waals surface area contributed by atoms with E-state index in [0.717, 1.165) is 0 Å². The van der Waals surface area contributed by atoms with E-state index in [0.29, 0.717) is 25.8 Å². The van der Waals surface area contributed by atoms with Gasteiger partial charge < -0.3 is 25.2 Å². The van der Waals surface area contributed by atoms with Gasteiger partial charge in [-0.1, -0.05) is 61.9 Å². The first-order chi connectivity index (χ1) is 16.9. The number of carbonyl (C=O) groups excluding carboxylic acids is 2. The lowest BCUT2D eigenvalue weighted by Gasteiger charge is -2.28. The van der Waals surface area contributed by atoms with Crippen LogP contribution in [-0.2, 0) is 19.1 Å². The maximum absolute atomic E-state index is 12.2. The van der Waals surface area contributed by atoms with Gasteiger partial charge in [0.2, 0.25) is 5.91 Å². The van der Waals surface area contributed by atoms with Gasteiger partial charge >= 0.3 is 12.1 Å². The van der Waals surface area contributed by atoms with Crippen LogP contribution in [0, 0.1) is 0 Å². The van der Waals surface area contributed by atoms with Crippen LogP contribution in [-0.4, -0.2) is 55.5 Å². The Morgan fingerprint density at radius 3 is 2.17 bits per heavy atom. The molecule has 0 spiro atoms. The third-order valence-corrected chi connectivity index (χ3v) is 6.48. The van der Waals surface area contributed by atoms with Gasteiger partial charge in [0.05, 0.1) is 6.61 Å². The monoisotopic (exact) mass is 482 g/mol. The molecule has 8 nitrogen and oxygen atoms in total. The summed E-state index contributed by atoms with van der Waals surface area (Å²) in [7, 11) is 1.41. The summed E-state index contributed by atoms with van der Waals surface area (Å²) in [5, 5.41) is 14.8. The van der Waals surface area contributed by atoms with Crippen molar-refractivity contribution in [2.24, 2.45) is 0 Å². The molecule has 1 atom stereocenters. The second-order valence-corrected chi connectivity index (χ2v) is 8.78. The zero-order valence-electron chi connectivity index (χ0n) is 20.3. The van der Waals surface area contributed by atoms with Crippen LogP contribution in [0.5, 0.6) is 0 Å². The number of alkyl carbamates (subject to hydrolysis) is 1. The van der Waals surface area contributed by atoms with Crippen LogP contribution in [0.1, 0.15) is 56.1 Å². The molecule has 35 heavy (non-hydrogen) atoms. The third-order valence-electron chi connectivity index (χ3n) is 6.48. The highest BCUT2D eigenvalue weighted by Gasteiger charge is 2.38. The van der Waals surface area contributed by atoms with Gasteiger partial charge in [-0.2, -0.15) is 0 Å². The zero-order valence-corrected chi connectivity index (χ0v) is 20.3. The fourth-order valence-electron chi connectivity index (χ4n) is 4.50. The first-order valence-corrected chi connectivity index (χ1v) is 12.0. The Bertz CT molecular complexity index is 994. The van der Waals surface area contributed by atoms with Gasteiger partial charge in [0.1, 0.15) is 6.61 Å². The summed E-state index contributed by atoms with van der Waals surface area (Å²) < 4.78 is 10.5. The van der Waals surface area contributed by atoms with Crippen molar-refractivity contribution in [3.8, 4) is 11.1 Å². The number of ether oxygens (including phenoxy) is 2. The second kappa shape index (κ2) is 12.4. The highest BCUT2D eigenvalue weighted by atomic mass is 16.5. The quantitative estimate of drug-likeness (QED) is 0.371. The van der Waals surface area contributed by atoms with Crippen LogP contribution in [0.4, 0.5) is 4.79 Å². The van der Waals surface area contributed by atoms with Crippen molar-refractivity contribution in [1.82, 2.24) is 10.6 Å². The number of unbranched alkanes of at least 4 members (excludes halogenated alkanes) is 2. The molecule has 3 rings (SSSR count). The van der Waals surface area contributed by atoms with Gasteiger partial charge in [-0.3, -0.25) is 4.79 Å². The summed E-state index contributed by atoms with van der Waals surface area (Å²) in [4.78, 5) is 36.0. The molecule has 0 aromatic heterocycles. The van der Waals surface area contributed by atoms with Crippen molar-refractivity contribution in [2.45, 2.75) is 50.5 Å². The molecule has 2 aromatic rings. The van der Waals surface area contributed by atoms with Crippen LogP contribution in [0.3, 0.4) is 0 Å². The Balaban J connectivity index is 1.35. The Kier molecular flexibility index (Phi) is 9.25. The molecule has 0 radical (unpaired) electrons. The van der Waals surface area contributed by atoms with E-state index in [9.17, 15) is 19.5 Å². The van der Waals surface area contributed by atoms with Gasteiger partial charge in [-0.25, -0.2) is 9.59 Å². The van der Waals surface area contributed by atoms with E-state index < -0.39 is 17.6 Å². The number of carboxylic acids is 1. The molecule has 1 unspecified atom stereocenters. The predicted molar refractivity (Wildman–Crippen MR) is 132 cm³/mol. The maximum atomic E-state index is 12.2. The van der Waals surface area contributed by atoms with Crippen molar-refractivity contribution in [2.75, 3.05) is 26.9 Å². The first-order valence-electron chi connectivity index (χ1n) is 12.0. The third kappa shape index (κ3) is 6.39. The Morgan fingerprint density at radius 1 is 0.971 bits per heavy atom. The van der Waals surface area contributed by atoms with Crippen LogP contribution in [0.25, 0.3) is 11.1 Å². The number of hydrogen-bond acceptors (Lipinski definition) is 5. The van der Waals surface area contributed by atoms with Crippen molar-refractivity contribution in [1.29, 1.82) is 0 Å². The van der Waals surface area contributed by atoms with Crippen LogP contribution in [0.15, 0.2) is 48.5 Å². The van der Waals surface area contributed by atoms with Crippen molar-refractivity contribution >= 4 is 18.0 Å². The molecule has 0 saturated carbocycles. The summed E-state index contributed by atoms with van der Waals surface area (Å²) >= 11 is 0. The summed E-state index contributed by atoms with van der Waals surface area (Å²) in [6, 6.07) is 16.4.